The number of nitrogens with zero attached hydrogens (tertiary/aromatic N) is 2. The summed E-state index contributed by atoms with van der Waals surface area (Å²) >= 11 is 0. The molecule has 1 aliphatic rings. The maximum Gasteiger partial charge on any atom is 0.288 e. The molecule has 1 fully saturated rings. The number of hydrogen-bond donors (Lipinski definition) is 1. The van der Waals surface area contributed by atoms with Gasteiger partial charge in [0.15, 0.2) is 5.76 Å². The van der Waals surface area contributed by atoms with E-state index in [1.165, 1.54) is 23.3 Å². The van der Waals surface area contributed by atoms with Gasteiger partial charge in [0.25, 0.3) is 17.7 Å². The Morgan fingerprint density at radius 2 is 1.56 bits per heavy atom. The lowest BCUT2D eigenvalue weighted by atomic mass is 10.1. The van der Waals surface area contributed by atoms with Crippen molar-refractivity contribution in [2.45, 2.75) is 17.2 Å². The van der Waals surface area contributed by atoms with Gasteiger partial charge in [0, 0.05) is 31.7 Å². The van der Waals surface area contributed by atoms with Crippen molar-refractivity contribution < 1.29 is 31.6 Å². The first-order chi connectivity index (χ1) is 17.2. The number of carbonyl (C=O) groups is 3. The number of benzene rings is 2. The van der Waals surface area contributed by atoms with E-state index in [1.54, 1.807) is 17.0 Å². The molecule has 188 valence electrons. The zero-order chi connectivity index (χ0) is 25.9. The van der Waals surface area contributed by atoms with Gasteiger partial charge in [-0.1, -0.05) is 18.2 Å². The molecule has 1 N–H and O–H groups in total. The summed E-state index contributed by atoms with van der Waals surface area (Å²) in [5, 5.41) is 0.278. The van der Waals surface area contributed by atoms with Gasteiger partial charge in [-0.15, -0.1) is 0 Å². The molecular formula is C25H24FN3O6S. The molecular weight excluding hydrogens is 489 g/mol. The van der Waals surface area contributed by atoms with Crippen molar-refractivity contribution in [3.63, 3.8) is 0 Å². The van der Waals surface area contributed by atoms with E-state index in [1.807, 2.05) is 19.1 Å². The summed E-state index contributed by atoms with van der Waals surface area (Å²) in [5.74, 6) is -2.75. The maximum absolute atomic E-state index is 13.4. The number of hydrogen-bond acceptors (Lipinski definition) is 6. The molecule has 1 saturated heterocycles. The lowest BCUT2D eigenvalue weighted by Gasteiger charge is -2.36. The number of carbonyl (C=O) groups excluding carboxylic acids is 3. The van der Waals surface area contributed by atoms with Crippen molar-refractivity contribution >= 4 is 27.6 Å². The minimum absolute atomic E-state index is 0.0719. The van der Waals surface area contributed by atoms with E-state index >= 15 is 0 Å². The van der Waals surface area contributed by atoms with Gasteiger partial charge in [0.2, 0.25) is 15.2 Å². The third-order valence-electron chi connectivity index (χ3n) is 5.94. The average molecular weight is 514 g/mol. The monoisotopic (exact) mass is 513 g/mol. The highest BCUT2D eigenvalue weighted by molar-refractivity contribution is 7.92. The molecule has 0 bridgehead atoms. The highest BCUT2D eigenvalue weighted by Crippen LogP contribution is 2.20. The van der Waals surface area contributed by atoms with E-state index in [0.717, 1.165) is 29.8 Å². The fraction of sp³-hybridized carbons (Fsp3) is 0.240. The van der Waals surface area contributed by atoms with Gasteiger partial charge in [-0.3, -0.25) is 14.4 Å². The lowest BCUT2D eigenvalue weighted by Crippen LogP contribution is -2.57. The predicted molar refractivity (Wildman–Crippen MR) is 127 cm³/mol. The van der Waals surface area contributed by atoms with Gasteiger partial charge in [0.1, 0.15) is 5.82 Å². The fourth-order valence-electron chi connectivity index (χ4n) is 3.91. The van der Waals surface area contributed by atoms with Crippen LogP contribution < -0.4 is 5.32 Å². The molecule has 3 aromatic rings. The standard InChI is InChI=1S/C25H24FN3O6S/c1-17-5-2-3-6-20(17)24(31)28-12-14-29(15-13-28)25(32)23(27-22(30)21-7-4-16-35-21)36(33,34)19-10-8-18(26)9-11-19/h2-11,16,23H,12-15H2,1H3,(H,27,30). The molecule has 2 heterocycles. The number of halogens is 1. The van der Waals surface area contributed by atoms with Crippen molar-refractivity contribution in [1.82, 2.24) is 15.1 Å². The van der Waals surface area contributed by atoms with Crippen molar-refractivity contribution in [3.8, 4) is 0 Å². The van der Waals surface area contributed by atoms with Gasteiger partial charge in [-0.25, -0.2) is 12.8 Å². The molecule has 1 unspecified atom stereocenters. The molecule has 3 amide bonds. The van der Waals surface area contributed by atoms with Crippen LogP contribution in [0.4, 0.5) is 4.39 Å². The fourth-order valence-corrected chi connectivity index (χ4v) is 5.37. The van der Waals surface area contributed by atoms with Crippen LogP contribution in [-0.4, -0.2) is 67.5 Å². The SMILES string of the molecule is Cc1ccccc1C(=O)N1CCN(C(=O)C(NC(=O)c2ccco2)S(=O)(=O)c2ccc(F)cc2)CC1. The molecule has 0 saturated carbocycles. The van der Waals surface area contributed by atoms with Gasteiger partial charge in [-0.05, 0) is 55.0 Å². The third kappa shape index (κ3) is 5.15. The van der Waals surface area contributed by atoms with Crippen LogP contribution in [0.1, 0.15) is 26.5 Å². The predicted octanol–water partition coefficient (Wildman–Crippen LogP) is 2.24. The van der Waals surface area contributed by atoms with Gasteiger partial charge in [-0.2, -0.15) is 0 Å². The number of amides is 3. The number of furan rings is 1. The van der Waals surface area contributed by atoms with Crippen LogP contribution in [0.5, 0.6) is 0 Å². The summed E-state index contributed by atoms with van der Waals surface area (Å²) < 4.78 is 45.1. The molecule has 1 aliphatic heterocycles. The van der Waals surface area contributed by atoms with Crippen LogP contribution >= 0.6 is 0 Å². The molecule has 11 heteroatoms. The van der Waals surface area contributed by atoms with Crippen molar-refractivity contribution in [1.29, 1.82) is 0 Å². The minimum Gasteiger partial charge on any atom is -0.459 e. The minimum atomic E-state index is -4.44. The summed E-state index contributed by atoms with van der Waals surface area (Å²) in [6.45, 7) is 2.35. The van der Waals surface area contributed by atoms with Crippen molar-refractivity contribution in [3.05, 3.63) is 89.6 Å². The first-order valence-corrected chi connectivity index (χ1v) is 12.7. The zero-order valence-electron chi connectivity index (χ0n) is 19.4. The summed E-state index contributed by atoms with van der Waals surface area (Å²) in [4.78, 5) is 41.5. The second-order valence-electron chi connectivity index (χ2n) is 8.26. The molecule has 1 aromatic heterocycles. The lowest BCUT2D eigenvalue weighted by molar-refractivity contribution is -0.132. The highest BCUT2D eigenvalue weighted by Gasteiger charge is 2.40. The topological polar surface area (TPSA) is 117 Å². The van der Waals surface area contributed by atoms with Crippen LogP contribution in [0, 0.1) is 12.7 Å². The Morgan fingerprint density at radius 3 is 2.17 bits per heavy atom. The average Bonchev–Trinajstić information content (AvgIpc) is 3.42. The normalized spacial score (nSPS) is 14.8. The largest absolute Gasteiger partial charge is 0.459 e. The smallest absolute Gasteiger partial charge is 0.288 e. The van der Waals surface area contributed by atoms with Crippen LogP contribution in [0.25, 0.3) is 0 Å². The summed E-state index contributed by atoms with van der Waals surface area (Å²) in [6, 6.07) is 13.9. The van der Waals surface area contributed by atoms with E-state index in [9.17, 15) is 27.2 Å². The summed E-state index contributed by atoms with van der Waals surface area (Å²) in [7, 11) is -4.44. The Balaban J connectivity index is 1.54. The van der Waals surface area contributed by atoms with Crippen molar-refractivity contribution in [2.75, 3.05) is 26.2 Å². The molecule has 1 atom stereocenters. The van der Waals surface area contributed by atoms with Crippen LogP contribution in [0.3, 0.4) is 0 Å². The van der Waals surface area contributed by atoms with E-state index in [2.05, 4.69) is 5.32 Å². The number of piperazine rings is 1. The second-order valence-corrected chi connectivity index (χ2v) is 10.3. The van der Waals surface area contributed by atoms with Gasteiger partial charge < -0.3 is 19.5 Å². The van der Waals surface area contributed by atoms with Crippen LogP contribution in [0.15, 0.2) is 76.2 Å². The van der Waals surface area contributed by atoms with Crippen LogP contribution in [-0.2, 0) is 14.6 Å². The Morgan fingerprint density at radius 1 is 0.917 bits per heavy atom. The first kappa shape index (κ1) is 25.1. The van der Waals surface area contributed by atoms with E-state index < -0.39 is 32.8 Å². The first-order valence-electron chi connectivity index (χ1n) is 11.2. The number of rotatable bonds is 6. The molecule has 0 radical (unpaired) electrons. The zero-order valence-corrected chi connectivity index (χ0v) is 20.2. The summed E-state index contributed by atoms with van der Waals surface area (Å²) in [5.41, 5.74) is 1.38. The molecule has 0 aliphatic carbocycles. The van der Waals surface area contributed by atoms with E-state index in [4.69, 9.17) is 4.42 Å². The number of aryl methyl sites for hydroxylation is 1. The number of nitrogens with one attached hydrogen (secondary N) is 1. The van der Waals surface area contributed by atoms with Crippen molar-refractivity contribution in [2.24, 2.45) is 0 Å². The molecule has 2 aromatic carbocycles. The van der Waals surface area contributed by atoms with E-state index in [-0.39, 0.29) is 42.7 Å². The third-order valence-corrected chi connectivity index (χ3v) is 7.81. The second kappa shape index (κ2) is 10.3. The summed E-state index contributed by atoms with van der Waals surface area (Å²) in [6.07, 6.45) is 1.24. The molecule has 0 spiro atoms. The van der Waals surface area contributed by atoms with Gasteiger partial charge in [0.05, 0.1) is 11.2 Å². The van der Waals surface area contributed by atoms with E-state index in [0.29, 0.717) is 5.56 Å². The highest BCUT2D eigenvalue weighted by atomic mass is 32.2. The molecule has 36 heavy (non-hydrogen) atoms. The maximum atomic E-state index is 13.4. The Bertz CT molecular complexity index is 1370. The van der Waals surface area contributed by atoms with Crippen LogP contribution in [0.2, 0.25) is 0 Å². The quantitative estimate of drug-likeness (QED) is 0.506. The Labute approximate surface area is 207 Å². The Hall–Kier alpha value is -3.99. The molecule has 4 rings (SSSR count). The van der Waals surface area contributed by atoms with Gasteiger partial charge >= 0.3 is 0 Å². The molecule has 9 nitrogen and oxygen atoms in total. The Kier molecular flexibility index (Phi) is 7.20. The number of sulfone groups is 1.